The number of rotatable bonds is 2. The Morgan fingerprint density at radius 1 is 1.04 bits per heavy atom. The fourth-order valence-electron chi connectivity index (χ4n) is 5.73. The average Bonchev–Trinajstić information content (AvgIpc) is 3.23. The zero-order chi connectivity index (χ0) is 17.1. The second-order valence-electron chi connectivity index (χ2n) is 7.65. The Morgan fingerprint density at radius 2 is 1.80 bits per heavy atom. The number of carbonyl (C=O) groups is 1. The molecule has 1 heterocycles. The maximum absolute atomic E-state index is 14.6. The van der Waals surface area contributed by atoms with E-state index in [1.807, 2.05) is 18.2 Å². The highest BCUT2D eigenvalue weighted by molar-refractivity contribution is 5.95. The smallest absolute Gasteiger partial charge is 0.337 e. The van der Waals surface area contributed by atoms with Crippen molar-refractivity contribution < 1.29 is 14.3 Å². The van der Waals surface area contributed by atoms with Crippen LogP contribution in [-0.2, 0) is 0 Å². The zero-order valence-electron chi connectivity index (χ0n) is 13.8. The fourth-order valence-corrected chi connectivity index (χ4v) is 5.73. The van der Waals surface area contributed by atoms with Gasteiger partial charge in [0.1, 0.15) is 5.82 Å². The molecule has 2 aliphatic carbocycles. The van der Waals surface area contributed by atoms with Crippen molar-refractivity contribution in [3.8, 4) is 0 Å². The predicted molar refractivity (Wildman–Crippen MR) is 93.2 cm³/mol. The molecule has 1 aliphatic heterocycles. The number of benzene rings is 2. The molecule has 3 nitrogen and oxygen atoms in total. The molecule has 2 N–H and O–H groups in total. The molecule has 2 fully saturated rings. The number of aromatic carboxylic acids is 1. The van der Waals surface area contributed by atoms with E-state index in [1.165, 1.54) is 25.3 Å². The molecule has 25 heavy (non-hydrogen) atoms. The Bertz CT molecular complexity index is 865. The summed E-state index contributed by atoms with van der Waals surface area (Å²) >= 11 is 0. The number of hydrogen-bond donors (Lipinski definition) is 2. The van der Waals surface area contributed by atoms with Crippen LogP contribution in [0, 0.1) is 23.6 Å². The van der Waals surface area contributed by atoms with Crippen LogP contribution in [0.25, 0.3) is 0 Å². The van der Waals surface area contributed by atoms with Crippen LogP contribution < -0.4 is 5.32 Å². The highest BCUT2D eigenvalue weighted by Crippen LogP contribution is 2.64. The molecular formula is C21H20FNO2. The monoisotopic (exact) mass is 337 g/mol. The summed E-state index contributed by atoms with van der Waals surface area (Å²) in [6.07, 6.45) is 3.58. The Morgan fingerprint density at radius 3 is 2.60 bits per heavy atom. The van der Waals surface area contributed by atoms with Gasteiger partial charge in [-0.3, -0.25) is 0 Å². The third-order valence-corrected chi connectivity index (χ3v) is 6.59. The molecule has 2 aromatic carbocycles. The number of fused-ring (bicyclic) bond motifs is 7. The summed E-state index contributed by atoms with van der Waals surface area (Å²) in [6, 6.07) is 12.3. The number of carboxylic acid groups (broad SMARTS) is 1. The van der Waals surface area contributed by atoms with E-state index < -0.39 is 5.97 Å². The number of anilines is 1. The first-order valence-corrected chi connectivity index (χ1v) is 9.02. The minimum atomic E-state index is -0.932. The first kappa shape index (κ1) is 14.9. The van der Waals surface area contributed by atoms with Crippen molar-refractivity contribution in [2.24, 2.45) is 17.8 Å². The zero-order valence-corrected chi connectivity index (χ0v) is 13.8. The van der Waals surface area contributed by atoms with Crippen LogP contribution in [0.2, 0.25) is 0 Å². The average molecular weight is 337 g/mol. The van der Waals surface area contributed by atoms with E-state index in [0.29, 0.717) is 40.5 Å². The number of hydrogen-bond acceptors (Lipinski definition) is 2. The number of carboxylic acids is 1. The van der Waals surface area contributed by atoms with E-state index >= 15 is 0 Å². The van der Waals surface area contributed by atoms with Crippen molar-refractivity contribution in [3.05, 3.63) is 65.0 Å². The van der Waals surface area contributed by atoms with E-state index in [2.05, 4.69) is 11.4 Å². The van der Waals surface area contributed by atoms with Gasteiger partial charge in [-0.2, -0.15) is 0 Å². The first-order valence-electron chi connectivity index (χ1n) is 9.02. The second kappa shape index (κ2) is 5.32. The molecule has 5 atom stereocenters. The van der Waals surface area contributed by atoms with Crippen molar-refractivity contribution in [1.82, 2.24) is 0 Å². The number of nitrogens with one attached hydrogen (secondary N) is 1. The third kappa shape index (κ3) is 2.06. The number of halogens is 1. The Balaban J connectivity index is 1.70. The second-order valence-corrected chi connectivity index (χ2v) is 7.65. The van der Waals surface area contributed by atoms with Crippen LogP contribution in [0.1, 0.15) is 52.7 Å². The van der Waals surface area contributed by atoms with Gasteiger partial charge in [0.2, 0.25) is 0 Å². The maximum Gasteiger partial charge on any atom is 0.337 e. The molecule has 5 rings (SSSR count). The molecule has 128 valence electrons. The van der Waals surface area contributed by atoms with Crippen molar-refractivity contribution in [2.75, 3.05) is 5.32 Å². The minimum Gasteiger partial charge on any atom is -0.478 e. The standard InChI is InChI=1S/C21H20FNO2/c22-16-7-2-1-4-13(16)20-18-12-9-8-11(10-12)17(18)14-5-3-6-15(21(24)25)19(14)23-20/h1-7,11-12,17-18,20,23H,8-10H2,(H,24,25)/t11-,12-,17+,18+,20-/m0/s1. The summed E-state index contributed by atoms with van der Waals surface area (Å²) in [6.45, 7) is 0. The summed E-state index contributed by atoms with van der Waals surface area (Å²) in [5, 5.41) is 13.1. The number of para-hydroxylation sites is 1. The van der Waals surface area contributed by atoms with Crippen LogP contribution in [0.5, 0.6) is 0 Å². The highest BCUT2D eigenvalue weighted by atomic mass is 19.1. The van der Waals surface area contributed by atoms with Gasteiger partial charge in [0.25, 0.3) is 0 Å². The molecule has 0 unspecified atom stereocenters. The topological polar surface area (TPSA) is 49.3 Å². The van der Waals surface area contributed by atoms with Gasteiger partial charge in [0.15, 0.2) is 0 Å². The van der Waals surface area contributed by atoms with Gasteiger partial charge >= 0.3 is 5.97 Å². The summed E-state index contributed by atoms with van der Waals surface area (Å²) in [5.41, 5.74) is 2.76. The lowest BCUT2D eigenvalue weighted by molar-refractivity contribution is 0.0697. The quantitative estimate of drug-likeness (QED) is 0.826. The van der Waals surface area contributed by atoms with Gasteiger partial charge < -0.3 is 10.4 Å². The van der Waals surface area contributed by atoms with Gasteiger partial charge in [-0.25, -0.2) is 9.18 Å². The summed E-state index contributed by atoms with van der Waals surface area (Å²) in [5.74, 6) is 0.713. The van der Waals surface area contributed by atoms with E-state index in [9.17, 15) is 14.3 Å². The summed E-state index contributed by atoms with van der Waals surface area (Å²) in [4.78, 5) is 11.7. The third-order valence-electron chi connectivity index (χ3n) is 6.59. The summed E-state index contributed by atoms with van der Waals surface area (Å²) in [7, 11) is 0. The van der Waals surface area contributed by atoms with Gasteiger partial charge in [0.05, 0.1) is 17.3 Å². The van der Waals surface area contributed by atoms with Crippen molar-refractivity contribution in [3.63, 3.8) is 0 Å². The Hall–Kier alpha value is -2.36. The molecule has 3 aliphatic rings. The van der Waals surface area contributed by atoms with E-state index in [-0.39, 0.29) is 11.9 Å². The van der Waals surface area contributed by atoms with E-state index in [0.717, 1.165) is 5.56 Å². The fraction of sp³-hybridized carbons (Fsp3) is 0.381. The Kier molecular flexibility index (Phi) is 3.18. The molecule has 0 aromatic heterocycles. The van der Waals surface area contributed by atoms with Crippen LogP contribution in [0.4, 0.5) is 10.1 Å². The lowest BCUT2D eigenvalue weighted by atomic mass is 9.67. The lowest BCUT2D eigenvalue weighted by Crippen LogP contribution is -2.36. The van der Waals surface area contributed by atoms with Crippen molar-refractivity contribution in [1.29, 1.82) is 0 Å². The minimum absolute atomic E-state index is 0.158. The van der Waals surface area contributed by atoms with Gasteiger partial charge in [-0.1, -0.05) is 30.3 Å². The largest absolute Gasteiger partial charge is 0.478 e. The van der Waals surface area contributed by atoms with Gasteiger partial charge in [0, 0.05) is 5.56 Å². The van der Waals surface area contributed by atoms with Crippen LogP contribution >= 0.6 is 0 Å². The van der Waals surface area contributed by atoms with E-state index in [1.54, 1.807) is 12.1 Å². The van der Waals surface area contributed by atoms with Crippen molar-refractivity contribution in [2.45, 2.75) is 31.2 Å². The maximum atomic E-state index is 14.6. The van der Waals surface area contributed by atoms with Crippen LogP contribution in [-0.4, -0.2) is 11.1 Å². The normalized spacial score (nSPS) is 32.0. The molecule has 4 heteroatoms. The van der Waals surface area contributed by atoms with Crippen molar-refractivity contribution >= 4 is 11.7 Å². The molecule has 2 bridgehead atoms. The molecular weight excluding hydrogens is 317 g/mol. The molecule has 0 saturated heterocycles. The summed E-state index contributed by atoms with van der Waals surface area (Å²) < 4.78 is 14.6. The SMILES string of the molecule is O=C(O)c1cccc2c1N[C@@H](c1ccccc1F)[C@@H]1[C@H]3CC[C@@H](C3)[C@H]21. The van der Waals surface area contributed by atoms with Gasteiger partial charge in [-0.05, 0) is 60.6 Å². The van der Waals surface area contributed by atoms with Crippen LogP contribution in [0.3, 0.4) is 0 Å². The molecule has 2 saturated carbocycles. The molecule has 0 spiro atoms. The molecule has 2 aromatic rings. The molecule has 0 amide bonds. The lowest BCUT2D eigenvalue weighted by Gasteiger charge is -2.44. The Labute approximate surface area is 145 Å². The predicted octanol–water partition coefficient (Wildman–Crippen LogP) is 4.82. The van der Waals surface area contributed by atoms with Gasteiger partial charge in [-0.15, -0.1) is 0 Å². The first-order chi connectivity index (χ1) is 12.1. The van der Waals surface area contributed by atoms with Crippen LogP contribution in [0.15, 0.2) is 42.5 Å². The van der Waals surface area contributed by atoms with E-state index in [4.69, 9.17) is 0 Å². The highest BCUT2D eigenvalue weighted by Gasteiger charge is 2.54. The molecule has 0 radical (unpaired) electrons.